The molecule has 0 aliphatic carbocycles. The van der Waals surface area contributed by atoms with Crippen LogP contribution < -0.4 is 21.3 Å². The Bertz CT molecular complexity index is 1410. The maximum atomic E-state index is 13.1. The lowest BCUT2D eigenvalue weighted by Crippen LogP contribution is -2.11. The number of rotatable bonds is 12. The first-order valence-electron chi connectivity index (χ1n) is 12.9. The van der Waals surface area contributed by atoms with Gasteiger partial charge in [0.05, 0.1) is 5.56 Å². The van der Waals surface area contributed by atoms with Gasteiger partial charge in [0.1, 0.15) is 28.8 Å². The van der Waals surface area contributed by atoms with Crippen LogP contribution in [-0.2, 0) is 0 Å². The number of anilines is 6. The lowest BCUT2D eigenvalue weighted by atomic mass is 10.3. The molecule has 0 aliphatic rings. The second-order valence-electron chi connectivity index (χ2n) is 8.61. The Balaban J connectivity index is 0.000000230. The van der Waals surface area contributed by atoms with Crippen LogP contribution in [-0.4, -0.2) is 49.3 Å². The van der Waals surface area contributed by atoms with E-state index in [1.54, 1.807) is 24.3 Å². The molecule has 14 heteroatoms. The fraction of sp³-hybridized carbons (Fsp3) is 0.214. The third kappa shape index (κ3) is 9.63. The Morgan fingerprint density at radius 1 is 0.786 bits per heavy atom. The Kier molecular flexibility index (Phi) is 11.9. The number of hydrogen-bond acceptors (Lipinski definition) is 10. The number of aromatic carboxylic acids is 1. The molecule has 42 heavy (non-hydrogen) atoms. The summed E-state index contributed by atoms with van der Waals surface area (Å²) in [6.45, 7) is 5.19. The average molecular weight is 599 g/mol. The molecule has 2 aromatic carbocycles. The van der Waals surface area contributed by atoms with Gasteiger partial charge in [-0.25, -0.2) is 23.5 Å². The standard InChI is InChI=1S/C14H14ClFN4O.C14H15FN4O2/c1-2-6-17-13-11(12(15)21)8-18-14(20-13)19-10-5-3-4-9(16)7-10;1-2-6-16-12-11(13(20)21)8-17-14(19-12)18-10-5-3-4-9(15)7-10/h3-5,7-8H,2,6H2,1H3,(H2,17,18,19,20);3-5,7-8H,2,6H2,1H3,(H,20,21)(H2,16,17,18,19). The molecule has 0 amide bonds. The predicted molar refractivity (Wildman–Crippen MR) is 158 cm³/mol. The van der Waals surface area contributed by atoms with E-state index in [0.29, 0.717) is 30.3 Å². The molecule has 0 unspecified atom stereocenters. The molecule has 2 aromatic heterocycles. The molecule has 5 N–H and O–H groups in total. The quantitative estimate of drug-likeness (QED) is 0.114. The van der Waals surface area contributed by atoms with Gasteiger partial charge < -0.3 is 26.4 Å². The smallest absolute Gasteiger partial charge is 0.341 e. The van der Waals surface area contributed by atoms with Crippen molar-refractivity contribution >= 4 is 57.7 Å². The first-order chi connectivity index (χ1) is 20.2. The van der Waals surface area contributed by atoms with Crippen molar-refractivity contribution in [2.45, 2.75) is 26.7 Å². The van der Waals surface area contributed by atoms with Crippen LogP contribution in [0.25, 0.3) is 0 Å². The van der Waals surface area contributed by atoms with E-state index in [1.165, 1.54) is 36.7 Å². The van der Waals surface area contributed by atoms with E-state index in [2.05, 4.69) is 41.2 Å². The number of nitrogens with one attached hydrogen (secondary N) is 4. The second-order valence-corrected chi connectivity index (χ2v) is 8.96. The summed E-state index contributed by atoms with van der Waals surface area (Å²) in [5, 5.41) is 20.1. The minimum Gasteiger partial charge on any atom is -0.477 e. The second kappa shape index (κ2) is 15.8. The summed E-state index contributed by atoms with van der Waals surface area (Å²) >= 11 is 5.49. The van der Waals surface area contributed by atoms with Crippen molar-refractivity contribution in [2.24, 2.45) is 0 Å². The maximum absolute atomic E-state index is 13.1. The van der Waals surface area contributed by atoms with Gasteiger partial charge in [0, 0.05) is 36.9 Å². The Morgan fingerprint density at radius 3 is 1.64 bits per heavy atom. The van der Waals surface area contributed by atoms with Crippen molar-refractivity contribution in [1.29, 1.82) is 0 Å². The number of carbonyl (C=O) groups is 2. The Labute approximate surface area is 245 Å². The molecule has 0 bridgehead atoms. The van der Waals surface area contributed by atoms with Crippen molar-refractivity contribution < 1.29 is 23.5 Å². The molecular weight excluding hydrogens is 570 g/mol. The van der Waals surface area contributed by atoms with Crippen LogP contribution in [0.15, 0.2) is 60.9 Å². The minimum atomic E-state index is -1.11. The van der Waals surface area contributed by atoms with Crippen molar-refractivity contribution in [3.8, 4) is 0 Å². The van der Waals surface area contributed by atoms with Crippen LogP contribution in [0, 0.1) is 11.6 Å². The van der Waals surface area contributed by atoms with Crippen LogP contribution in [0.4, 0.5) is 43.7 Å². The van der Waals surface area contributed by atoms with Gasteiger partial charge in [-0.1, -0.05) is 26.0 Å². The zero-order valence-corrected chi connectivity index (χ0v) is 23.5. The molecule has 0 fully saturated rings. The Hall–Kier alpha value is -4.91. The monoisotopic (exact) mass is 598 g/mol. The van der Waals surface area contributed by atoms with Crippen molar-refractivity contribution in [3.63, 3.8) is 0 Å². The largest absolute Gasteiger partial charge is 0.477 e. The normalized spacial score (nSPS) is 10.2. The third-order valence-electron chi connectivity index (χ3n) is 5.27. The number of carbonyl (C=O) groups excluding carboxylic acids is 1. The predicted octanol–water partition coefficient (Wildman–Crippen LogP) is 6.44. The lowest BCUT2D eigenvalue weighted by Gasteiger charge is -2.10. The summed E-state index contributed by atoms with van der Waals surface area (Å²) in [5.74, 6) is -0.816. The number of hydrogen-bond donors (Lipinski definition) is 5. The lowest BCUT2D eigenvalue weighted by molar-refractivity contribution is 0.0697. The molecule has 4 aromatic rings. The van der Waals surface area contributed by atoms with E-state index in [9.17, 15) is 18.4 Å². The molecule has 0 atom stereocenters. The molecular formula is C28H29ClF2N8O3. The van der Waals surface area contributed by atoms with Crippen LogP contribution >= 0.6 is 11.6 Å². The highest BCUT2D eigenvalue weighted by atomic mass is 35.5. The summed E-state index contributed by atoms with van der Waals surface area (Å²) in [7, 11) is 0. The van der Waals surface area contributed by atoms with Crippen LogP contribution in [0.5, 0.6) is 0 Å². The van der Waals surface area contributed by atoms with Gasteiger partial charge in [0.2, 0.25) is 11.9 Å². The molecule has 0 saturated heterocycles. The zero-order chi connectivity index (χ0) is 30.5. The Morgan fingerprint density at radius 2 is 1.24 bits per heavy atom. The van der Waals surface area contributed by atoms with E-state index in [-0.39, 0.29) is 40.5 Å². The number of carboxylic acid groups (broad SMARTS) is 1. The van der Waals surface area contributed by atoms with E-state index in [1.807, 2.05) is 13.8 Å². The fourth-order valence-corrected chi connectivity index (χ4v) is 3.47. The number of nitrogens with zero attached hydrogens (tertiary/aromatic N) is 4. The fourth-order valence-electron chi connectivity index (χ4n) is 3.33. The van der Waals surface area contributed by atoms with Crippen molar-refractivity contribution in [1.82, 2.24) is 19.9 Å². The molecule has 0 spiro atoms. The minimum absolute atomic E-state index is 0.00626. The first-order valence-corrected chi connectivity index (χ1v) is 13.3. The average Bonchev–Trinajstić information content (AvgIpc) is 2.95. The van der Waals surface area contributed by atoms with Gasteiger partial charge >= 0.3 is 5.97 Å². The highest BCUT2D eigenvalue weighted by Gasteiger charge is 2.14. The zero-order valence-electron chi connectivity index (χ0n) is 22.8. The van der Waals surface area contributed by atoms with Gasteiger partial charge in [-0.3, -0.25) is 4.79 Å². The van der Waals surface area contributed by atoms with E-state index < -0.39 is 11.2 Å². The summed E-state index contributed by atoms with van der Waals surface area (Å²) in [5.41, 5.74) is 1.20. The van der Waals surface area contributed by atoms with Gasteiger partial charge in [0.15, 0.2) is 0 Å². The van der Waals surface area contributed by atoms with Crippen molar-refractivity contribution in [2.75, 3.05) is 34.4 Å². The number of halogens is 3. The van der Waals surface area contributed by atoms with Crippen LogP contribution in [0.3, 0.4) is 0 Å². The number of benzene rings is 2. The van der Waals surface area contributed by atoms with Gasteiger partial charge in [-0.05, 0) is 60.8 Å². The van der Waals surface area contributed by atoms with E-state index in [0.717, 1.165) is 12.8 Å². The molecule has 220 valence electrons. The van der Waals surface area contributed by atoms with Crippen LogP contribution in [0.2, 0.25) is 0 Å². The first kappa shape index (κ1) is 31.6. The molecule has 0 radical (unpaired) electrons. The molecule has 0 aliphatic heterocycles. The summed E-state index contributed by atoms with van der Waals surface area (Å²) in [6.07, 6.45) is 4.25. The summed E-state index contributed by atoms with van der Waals surface area (Å²) in [4.78, 5) is 38.7. The topological polar surface area (TPSA) is 154 Å². The maximum Gasteiger partial charge on any atom is 0.341 e. The highest BCUT2D eigenvalue weighted by Crippen LogP contribution is 2.20. The number of carboxylic acids is 1. The van der Waals surface area contributed by atoms with Gasteiger partial charge in [-0.2, -0.15) is 9.97 Å². The SMILES string of the molecule is CCCNc1nc(Nc2cccc(F)c2)ncc1C(=O)Cl.CCCNc1nc(Nc2cccc(F)c2)ncc1C(=O)O. The molecule has 11 nitrogen and oxygen atoms in total. The van der Waals surface area contributed by atoms with E-state index in [4.69, 9.17) is 16.7 Å². The highest BCUT2D eigenvalue weighted by molar-refractivity contribution is 6.68. The van der Waals surface area contributed by atoms with Gasteiger partial charge in [0.25, 0.3) is 5.24 Å². The molecule has 2 heterocycles. The molecule has 4 rings (SSSR count). The third-order valence-corrected chi connectivity index (χ3v) is 5.47. The van der Waals surface area contributed by atoms with E-state index >= 15 is 0 Å². The van der Waals surface area contributed by atoms with Crippen LogP contribution in [0.1, 0.15) is 47.4 Å². The molecule has 0 saturated carbocycles. The number of aromatic nitrogens is 4. The summed E-state index contributed by atoms with van der Waals surface area (Å²) < 4.78 is 26.2. The van der Waals surface area contributed by atoms with Gasteiger partial charge in [-0.15, -0.1) is 0 Å². The van der Waals surface area contributed by atoms with Crippen molar-refractivity contribution in [3.05, 3.63) is 83.7 Å². The summed E-state index contributed by atoms with van der Waals surface area (Å²) in [6, 6.07) is 11.8.